The summed E-state index contributed by atoms with van der Waals surface area (Å²) in [5.41, 5.74) is 1.99. The van der Waals surface area contributed by atoms with E-state index in [4.69, 9.17) is 4.74 Å². The molecule has 0 heterocycles. The summed E-state index contributed by atoms with van der Waals surface area (Å²) < 4.78 is 5.36. The predicted molar refractivity (Wildman–Crippen MR) is 103 cm³/mol. The maximum Gasteiger partial charge on any atom is 0.243 e. The third kappa shape index (κ3) is 5.09. The highest BCUT2D eigenvalue weighted by Gasteiger charge is 2.29. The first-order valence-corrected chi connectivity index (χ1v) is 8.71. The zero-order chi connectivity index (χ0) is 19.2. The normalized spacial score (nSPS) is 10.9. The Bertz CT molecular complexity index is 750. The van der Waals surface area contributed by atoms with Crippen molar-refractivity contribution >= 4 is 17.5 Å². The van der Waals surface area contributed by atoms with Crippen LogP contribution in [0.3, 0.4) is 0 Å². The monoisotopic (exact) mass is 354 g/mol. The molecule has 2 N–H and O–H groups in total. The highest BCUT2D eigenvalue weighted by molar-refractivity contribution is 5.96. The van der Waals surface area contributed by atoms with Crippen LogP contribution in [-0.4, -0.2) is 25.0 Å². The average molecular weight is 354 g/mol. The molecule has 0 aromatic heterocycles. The van der Waals surface area contributed by atoms with Gasteiger partial charge in [0, 0.05) is 5.69 Å². The van der Waals surface area contributed by atoms with Crippen molar-refractivity contribution in [2.45, 2.75) is 33.1 Å². The quantitative estimate of drug-likeness (QED) is 0.800. The number of anilines is 1. The number of rotatable bonds is 7. The molecule has 0 aliphatic carbocycles. The largest absolute Gasteiger partial charge is 0.494 e. The summed E-state index contributed by atoms with van der Waals surface area (Å²) in [6, 6.07) is 14.9. The van der Waals surface area contributed by atoms with E-state index in [1.807, 2.05) is 52.0 Å². The molecule has 0 spiro atoms. The Balaban J connectivity index is 1.89. The minimum absolute atomic E-state index is 0.0820. The van der Waals surface area contributed by atoms with Gasteiger partial charge in [0.25, 0.3) is 0 Å². The fourth-order valence-corrected chi connectivity index (χ4v) is 2.49. The molecule has 2 aromatic rings. The molecule has 0 saturated carbocycles. The highest BCUT2D eigenvalue weighted by atomic mass is 16.5. The van der Waals surface area contributed by atoms with Gasteiger partial charge in [-0.05, 0) is 57.5 Å². The number of ether oxygens (including phenoxy) is 1. The minimum atomic E-state index is -0.715. The predicted octanol–water partition coefficient (Wildman–Crippen LogP) is 3.43. The van der Waals surface area contributed by atoms with E-state index in [1.54, 1.807) is 24.3 Å². The Kier molecular flexibility index (Phi) is 6.39. The zero-order valence-corrected chi connectivity index (χ0v) is 15.8. The molecule has 5 heteroatoms. The van der Waals surface area contributed by atoms with Gasteiger partial charge in [-0.3, -0.25) is 9.59 Å². The van der Waals surface area contributed by atoms with Crippen molar-refractivity contribution in [3.05, 3.63) is 59.7 Å². The summed E-state index contributed by atoms with van der Waals surface area (Å²) in [5.74, 6) is 0.282. The number of hydrogen-bond acceptors (Lipinski definition) is 3. The molecule has 0 fully saturated rings. The Morgan fingerprint density at radius 1 is 1.00 bits per heavy atom. The van der Waals surface area contributed by atoms with Gasteiger partial charge in [0.2, 0.25) is 11.8 Å². The number of hydrogen-bond donors (Lipinski definition) is 2. The second-order valence-electron chi connectivity index (χ2n) is 6.68. The van der Waals surface area contributed by atoms with Gasteiger partial charge in [-0.15, -0.1) is 0 Å². The van der Waals surface area contributed by atoms with Crippen molar-refractivity contribution in [2.24, 2.45) is 0 Å². The molecule has 26 heavy (non-hydrogen) atoms. The van der Waals surface area contributed by atoms with E-state index >= 15 is 0 Å². The summed E-state index contributed by atoms with van der Waals surface area (Å²) >= 11 is 0. The molecule has 0 aliphatic rings. The fourth-order valence-electron chi connectivity index (χ4n) is 2.49. The average Bonchev–Trinajstić information content (AvgIpc) is 2.62. The first-order chi connectivity index (χ1) is 12.3. The molecule has 138 valence electrons. The SMILES string of the molecule is CCOc1ccc(NC(=O)CNC(=O)C(C)(C)c2ccc(C)cc2)cc1. The van der Waals surface area contributed by atoms with E-state index in [-0.39, 0.29) is 18.4 Å². The van der Waals surface area contributed by atoms with E-state index in [0.29, 0.717) is 12.3 Å². The molecule has 5 nitrogen and oxygen atoms in total. The molecule has 0 atom stereocenters. The minimum Gasteiger partial charge on any atom is -0.494 e. The maximum absolute atomic E-state index is 12.5. The lowest BCUT2D eigenvalue weighted by Crippen LogP contribution is -2.43. The van der Waals surface area contributed by atoms with Crippen molar-refractivity contribution in [2.75, 3.05) is 18.5 Å². The van der Waals surface area contributed by atoms with Crippen LogP contribution in [0.15, 0.2) is 48.5 Å². The molecule has 2 aromatic carbocycles. The van der Waals surface area contributed by atoms with Crippen LogP contribution in [0.5, 0.6) is 5.75 Å². The third-order valence-electron chi connectivity index (χ3n) is 4.20. The van der Waals surface area contributed by atoms with Crippen LogP contribution in [-0.2, 0) is 15.0 Å². The lowest BCUT2D eigenvalue weighted by atomic mass is 9.83. The van der Waals surface area contributed by atoms with Gasteiger partial charge in [0.15, 0.2) is 0 Å². The number of aryl methyl sites for hydroxylation is 1. The van der Waals surface area contributed by atoms with Gasteiger partial charge < -0.3 is 15.4 Å². The fraction of sp³-hybridized carbons (Fsp3) is 0.333. The van der Waals surface area contributed by atoms with Gasteiger partial charge in [-0.2, -0.15) is 0 Å². The molecule has 0 unspecified atom stereocenters. The third-order valence-corrected chi connectivity index (χ3v) is 4.20. The van der Waals surface area contributed by atoms with E-state index in [0.717, 1.165) is 16.9 Å². The first kappa shape index (κ1) is 19.5. The smallest absolute Gasteiger partial charge is 0.243 e. The molecule has 2 amide bonds. The van der Waals surface area contributed by atoms with E-state index in [2.05, 4.69) is 10.6 Å². The second-order valence-corrected chi connectivity index (χ2v) is 6.68. The van der Waals surface area contributed by atoms with E-state index in [1.165, 1.54) is 0 Å². The van der Waals surface area contributed by atoms with Crippen LogP contribution < -0.4 is 15.4 Å². The Hall–Kier alpha value is -2.82. The van der Waals surface area contributed by atoms with Crippen LogP contribution in [0.1, 0.15) is 31.9 Å². The number of amides is 2. The molecule has 0 saturated heterocycles. The molecule has 0 aliphatic heterocycles. The highest BCUT2D eigenvalue weighted by Crippen LogP contribution is 2.23. The Labute approximate surface area is 154 Å². The van der Waals surface area contributed by atoms with Gasteiger partial charge in [-0.1, -0.05) is 29.8 Å². The maximum atomic E-state index is 12.5. The number of carbonyl (C=O) groups excluding carboxylic acids is 2. The standard InChI is InChI=1S/C21H26N2O3/c1-5-26-18-12-10-17(11-13-18)23-19(24)14-22-20(25)21(3,4)16-8-6-15(2)7-9-16/h6-13H,5,14H2,1-4H3,(H,22,25)(H,23,24). The molecule has 0 bridgehead atoms. The van der Waals surface area contributed by atoms with E-state index < -0.39 is 5.41 Å². The molecule has 0 radical (unpaired) electrons. The van der Waals surface area contributed by atoms with Gasteiger partial charge >= 0.3 is 0 Å². The molecular formula is C21H26N2O3. The van der Waals surface area contributed by atoms with Crippen LogP contribution in [0.4, 0.5) is 5.69 Å². The Morgan fingerprint density at radius 2 is 1.62 bits per heavy atom. The van der Waals surface area contributed by atoms with Crippen molar-refractivity contribution in [3.63, 3.8) is 0 Å². The van der Waals surface area contributed by atoms with E-state index in [9.17, 15) is 9.59 Å². The number of nitrogens with one attached hydrogen (secondary N) is 2. The van der Waals surface area contributed by atoms with Crippen molar-refractivity contribution in [1.29, 1.82) is 0 Å². The van der Waals surface area contributed by atoms with Crippen LogP contribution >= 0.6 is 0 Å². The lowest BCUT2D eigenvalue weighted by molar-refractivity contribution is -0.127. The van der Waals surface area contributed by atoms with Gasteiger partial charge in [0.05, 0.1) is 18.6 Å². The summed E-state index contributed by atoms with van der Waals surface area (Å²) in [5, 5.41) is 5.47. The number of carbonyl (C=O) groups is 2. The van der Waals surface area contributed by atoms with Crippen LogP contribution in [0.25, 0.3) is 0 Å². The van der Waals surface area contributed by atoms with Crippen molar-refractivity contribution in [1.82, 2.24) is 5.32 Å². The summed E-state index contributed by atoms with van der Waals surface area (Å²) in [4.78, 5) is 24.6. The van der Waals surface area contributed by atoms with Gasteiger partial charge in [-0.25, -0.2) is 0 Å². The van der Waals surface area contributed by atoms with Crippen LogP contribution in [0.2, 0.25) is 0 Å². The Morgan fingerprint density at radius 3 is 2.19 bits per heavy atom. The summed E-state index contributed by atoms with van der Waals surface area (Å²) in [6.45, 7) is 8.11. The zero-order valence-electron chi connectivity index (χ0n) is 15.8. The summed E-state index contributed by atoms with van der Waals surface area (Å²) in [7, 11) is 0. The van der Waals surface area contributed by atoms with Crippen molar-refractivity contribution in [3.8, 4) is 5.75 Å². The second kappa shape index (κ2) is 8.52. The molecule has 2 rings (SSSR count). The topological polar surface area (TPSA) is 67.4 Å². The molecular weight excluding hydrogens is 328 g/mol. The summed E-state index contributed by atoms with van der Waals surface area (Å²) in [6.07, 6.45) is 0. The van der Waals surface area contributed by atoms with Crippen LogP contribution in [0, 0.1) is 6.92 Å². The number of benzene rings is 2. The lowest BCUT2D eigenvalue weighted by Gasteiger charge is -2.24. The van der Waals surface area contributed by atoms with Crippen molar-refractivity contribution < 1.29 is 14.3 Å². The first-order valence-electron chi connectivity index (χ1n) is 8.71. The van der Waals surface area contributed by atoms with Gasteiger partial charge in [0.1, 0.15) is 5.75 Å².